The summed E-state index contributed by atoms with van der Waals surface area (Å²) >= 11 is 4.20. The maximum absolute atomic E-state index is 12.4. The van der Waals surface area contributed by atoms with Crippen molar-refractivity contribution in [2.45, 2.75) is 36.9 Å². The largest absolute Gasteiger partial charge is 0.249 e. The number of thiol groups is 1. The molecule has 10 heavy (non-hydrogen) atoms. The van der Waals surface area contributed by atoms with Gasteiger partial charge in [0, 0.05) is 18.1 Å². The van der Waals surface area contributed by atoms with E-state index in [0.29, 0.717) is 5.25 Å². The van der Waals surface area contributed by atoms with E-state index >= 15 is 0 Å². The van der Waals surface area contributed by atoms with Crippen molar-refractivity contribution in [2.75, 3.05) is 0 Å². The third-order valence-corrected chi connectivity index (χ3v) is 2.97. The summed E-state index contributed by atoms with van der Waals surface area (Å²) in [5, 5.41) is 0.399. The van der Waals surface area contributed by atoms with Gasteiger partial charge in [-0.05, 0) is 18.3 Å². The first-order valence-electron chi connectivity index (χ1n) is 3.57. The molecule has 0 saturated heterocycles. The van der Waals surface area contributed by atoms with Gasteiger partial charge in [-0.25, -0.2) is 8.78 Å². The molecule has 0 aromatic rings. The smallest absolute Gasteiger partial charge is 0.207 e. The first kappa shape index (κ1) is 6.89. The van der Waals surface area contributed by atoms with Crippen LogP contribution in [0, 0.1) is 5.41 Å². The molecular weight excluding hydrogens is 154 g/mol. The molecule has 58 valence electrons. The van der Waals surface area contributed by atoms with Crippen molar-refractivity contribution < 1.29 is 8.78 Å². The van der Waals surface area contributed by atoms with E-state index in [2.05, 4.69) is 12.6 Å². The Kier molecular flexibility index (Phi) is 1.16. The van der Waals surface area contributed by atoms with Crippen molar-refractivity contribution in [1.29, 1.82) is 0 Å². The van der Waals surface area contributed by atoms with Gasteiger partial charge in [-0.1, -0.05) is 0 Å². The van der Waals surface area contributed by atoms with Gasteiger partial charge in [0.1, 0.15) is 0 Å². The molecule has 2 aliphatic carbocycles. The second-order valence-electron chi connectivity index (χ2n) is 3.77. The molecule has 2 fully saturated rings. The number of hydrogen-bond acceptors (Lipinski definition) is 1. The van der Waals surface area contributed by atoms with E-state index in [0.717, 1.165) is 12.8 Å². The first-order chi connectivity index (χ1) is 4.52. The minimum absolute atomic E-state index is 0.0237. The van der Waals surface area contributed by atoms with Crippen molar-refractivity contribution >= 4 is 12.6 Å². The van der Waals surface area contributed by atoms with Crippen LogP contribution in [0.4, 0.5) is 8.78 Å². The van der Waals surface area contributed by atoms with Crippen LogP contribution >= 0.6 is 12.6 Å². The molecule has 0 unspecified atom stereocenters. The van der Waals surface area contributed by atoms with E-state index in [1.54, 1.807) is 0 Å². The van der Waals surface area contributed by atoms with Crippen LogP contribution in [0.1, 0.15) is 25.7 Å². The lowest BCUT2D eigenvalue weighted by Crippen LogP contribution is -2.54. The zero-order valence-corrected chi connectivity index (χ0v) is 6.50. The van der Waals surface area contributed by atoms with Gasteiger partial charge in [0.25, 0.3) is 0 Å². The van der Waals surface area contributed by atoms with Crippen LogP contribution in [0.15, 0.2) is 0 Å². The lowest BCUT2D eigenvalue weighted by Gasteiger charge is -2.56. The standard InChI is InChI=1S/C7H10F2S/c8-7(9)3-6(4-7)1-5(10)2-6/h5,10H,1-4H2. The fourth-order valence-corrected chi connectivity index (χ4v) is 3.05. The molecule has 0 amide bonds. The van der Waals surface area contributed by atoms with Crippen LogP contribution < -0.4 is 0 Å². The Labute approximate surface area is 64.4 Å². The first-order valence-corrected chi connectivity index (χ1v) is 4.09. The lowest BCUT2D eigenvalue weighted by atomic mass is 9.54. The van der Waals surface area contributed by atoms with E-state index in [9.17, 15) is 8.78 Å². The molecule has 0 heterocycles. The van der Waals surface area contributed by atoms with Crippen molar-refractivity contribution in [1.82, 2.24) is 0 Å². The summed E-state index contributed by atoms with van der Waals surface area (Å²) in [6, 6.07) is 0. The van der Waals surface area contributed by atoms with Crippen LogP contribution in [0.25, 0.3) is 0 Å². The van der Waals surface area contributed by atoms with Crippen LogP contribution in [-0.4, -0.2) is 11.2 Å². The predicted molar refractivity (Wildman–Crippen MR) is 38.6 cm³/mol. The molecule has 3 heteroatoms. The molecule has 2 rings (SSSR count). The Morgan fingerprint density at radius 1 is 1.20 bits per heavy atom. The Bertz CT molecular complexity index is 151. The molecule has 0 aromatic carbocycles. The van der Waals surface area contributed by atoms with Crippen molar-refractivity contribution in [3.63, 3.8) is 0 Å². The monoisotopic (exact) mass is 164 g/mol. The molecule has 0 nitrogen and oxygen atoms in total. The van der Waals surface area contributed by atoms with Gasteiger partial charge in [0.15, 0.2) is 0 Å². The number of halogens is 2. The van der Waals surface area contributed by atoms with E-state index in [1.807, 2.05) is 0 Å². The highest BCUT2D eigenvalue weighted by Gasteiger charge is 2.60. The lowest BCUT2D eigenvalue weighted by molar-refractivity contribution is -0.187. The zero-order chi connectivity index (χ0) is 7.41. The maximum atomic E-state index is 12.4. The summed E-state index contributed by atoms with van der Waals surface area (Å²) in [6.45, 7) is 0. The van der Waals surface area contributed by atoms with E-state index in [-0.39, 0.29) is 18.3 Å². The Balaban J connectivity index is 1.91. The van der Waals surface area contributed by atoms with Crippen molar-refractivity contribution in [3.05, 3.63) is 0 Å². The Morgan fingerprint density at radius 3 is 2.00 bits per heavy atom. The van der Waals surface area contributed by atoms with Gasteiger partial charge >= 0.3 is 0 Å². The van der Waals surface area contributed by atoms with Crippen molar-refractivity contribution in [2.24, 2.45) is 5.41 Å². The average molecular weight is 164 g/mol. The molecule has 0 radical (unpaired) electrons. The number of alkyl halides is 2. The summed E-state index contributed by atoms with van der Waals surface area (Å²) < 4.78 is 24.7. The quantitative estimate of drug-likeness (QED) is 0.522. The van der Waals surface area contributed by atoms with Crippen LogP contribution in [0.3, 0.4) is 0 Å². The zero-order valence-electron chi connectivity index (χ0n) is 5.61. The molecular formula is C7H10F2S. The summed E-state index contributed by atoms with van der Waals surface area (Å²) in [6.07, 6.45) is 2.06. The summed E-state index contributed by atoms with van der Waals surface area (Å²) in [7, 11) is 0. The number of hydrogen-bond donors (Lipinski definition) is 1. The van der Waals surface area contributed by atoms with E-state index in [4.69, 9.17) is 0 Å². The van der Waals surface area contributed by atoms with E-state index < -0.39 is 5.92 Å². The highest BCUT2D eigenvalue weighted by Crippen LogP contribution is 2.63. The second-order valence-corrected chi connectivity index (χ2v) is 4.50. The molecule has 0 bridgehead atoms. The van der Waals surface area contributed by atoms with Gasteiger partial charge in [0.05, 0.1) is 0 Å². The molecule has 0 aromatic heterocycles. The van der Waals surface area contributed by atoms with Gasteiger partial charge in [-0.2, -0.15) is 12.6 Å². The molecule has 0 atom stereocenters. The Hall–Kier alpha value is 0.210. The van der Waals surface area contributed by atoms with Gasteiger partial charge in [-0.3, -0.25) is 0 Å². The van der Waals surface area contributed by atoms with Gasteiger partial charge < -0.3 is 0 Å². The van der Waals surface area contributed by atoms with E-state index in [1.165, 1.54) is 0 Å². The van der Waals surface area contributed by atoms with Crippen molar-refractivity contribution in [3.8, 4) is 0 Å². The third kappa shape index (κ3) is 0.865. The summed E-state index contributed by atoms with van der Waals surface area (Å²) in [5.41, 5.74) is 0.0237. The fourth-order valence-electron chi connectivity index (χ4n) is 2.27. The molecule has 0 aliphatic heterocycles. The SMILES string of the molecule is FC1(F)CC2(CC(S)C2)C1. The number of rotatable bonds is 0. The van der Waals surface area contributed by atoms with Gasteiger partial charge in [-0.15, -0.1) is 0 Å². The summed E-state index contributed by atoms with van der Waals surface area (Å²) in [5.74, 6) is -2.34. The minimum atomic E-state index is -2.34. The van der Waals surface area contributed by atoms with Crippen LogP contribution in [0.2, 0.25) is 0 Å². The highest BCUT2D eigenvalue weighted by molar-refractivity contribution is 7.81. The third-order valence-electron chi connectivity index (χ3n) is 2.60. The second kappa shape index (κ2) is 1.68. The molecule has 0 N–H and O–H groups in total. The maximum Gasteiger partial charge on any atom is 0.249 e. The fraction of sp³-hybridized carbons (Fsp3) is 1.00. The molecule has 2 aliphatic rings. The average Bonchev–Trinajstić information content (AvgIpc) is 1.55. The van der Waals surface area contributed by atoms with Crippen LogP contribution in [-0.2, 0) is 0 Å². The predicted octanol–water partition coefficient (Wildman–Crippen LogP) is 2.49. The Morgan fingerprint density at radius 2 is 1.70 bits per heavy atom. The molecule has 2 saturated carbocycles. The normalized spacial score (nSPS) is 35.1. The molecule has 1 spiro atoms. The van der Waals surface area contributed by atoms with Crippen LogP contribution in [0.5, 0.6) is 0 Å². The summed E-state index contributed by atoms with van der Waals surface area (Å²) in [4.78, 5) is 0. The topological polar surface area (TPSA) is 0 Å². The van der Waals surface area contributed by atoms with Gasteiger partial charge in [0.2, 0.25) is 5.92 Å². The minimum Gasteiger partial charge on any atom is -0.207 e. The highest BCUT2D eigenvalue weighted by atomic mass is 32.1.